The number of para-hydroxylation sites is 1. The van der Waals surface area contributed by atoms with Crippen molar-refractivity contribution >= 4 is 20.9 Å². The van der Waals surface area contributed by atoms with Crippen molar-refractivity contribution in [1.29, 1.82) is 0 Å². The summed E-state index contributed by atoms with van der Waals surface area (Å²) in [5.41, 5.74) is 3.38. The minimum Gasteiger partial charge on any atom is -0.361 e. The van der Waals surface area contributed by atoms with E-state index in [1.54, 1.807) is 24.3 Å². The van der Waals surface area contributed by atoms with Gasteiger partial charge in [-0.1, -0.05) is 35.9 Å². The number of aryl methyl sites for hydroxylation is 2. The van der Waals surface area contributed by atoms with Gasteiger partial charge in [0.05, 0.1) is 4.90 Å². The normalized spacial score (nSPS) is 11.9. The summed E-state index contributed by atoms with van der Waals surface area (Å²) in [6.07, 6.45) is 3.59. The Labute approximate surface area is 136 Å². The van der Waals surface area contributed by atoms with E-state index in [1.165, 1.54) is 10.9 Å². The first-order chi connectivity index (χ1) is 11.1. The largest absolute Gasteiger partial charge is 0.361 e. The van der Waals surface area contributed by atoms with E-state index >= 15 is 0 Å². The number of sulfonamides is 1. The second-order valence-electron chi connectivity index (χ2n) is 5.67. The van der Waals surface area contributed by atoms with Crippen LogP contribution in [0, 0.1) is 6.92 Å². The van der Waals surface area contributed by atoms with E-state index in [0.29, 0.717) is 11.4 Å². The van der Waals surface area contributed by atoms with Crippen LogP contribution < -0.4 is 4.72 Å². The molecule has 0 atom stereocenters. The molecule has 0 unspecified atom stereocenters. The summed E-state index contributed by atoms with van der Waals surface area (Å²) in [6.45, 7) is 2.36. The summed E-state index contributed by atoms with van der Waals surface area (Å²) in [7, 11) is -3.42. The molecule has 3 aromatic rings. The fourth-order valence-electron chi connectivity index (χ4n) is 2.62. The summed E-state index contributed by atoms with van der Waals surface area (Å²) >= 11 is 0. The number of nitrogens with one attached hydrogen (secondary N) is 2. The van der Waals surface area contributed by atoms with Gasteiger partial charge in [-0.2, -0.15) is 0 Å². The fourth-order valence-corrected chi connectivity index (χ4v) is 3.70. The van der Waals surface area contributed by atoms with Crippen LogP contribution in [0.3, 0.4) is 0 Å². The van der Waals surface area contributed by atoms with Crippen molar-refractivity contribution in [2.45, 2.75) is 24.7 Å². The highest BCUT2D eigenvalue weighted by Crippen LogP contribution is 2.19. The van der Waals surface area contributed by atoms with E-state index in [9.17, 15) is 8.42 Å². The van der Waals surface area contributed by atoms with Crippen LogP contribution in [0.15, 0.2) is 59.6 Å². The third-order valence-electron chi connectivity index (χ3n) is 3.92. The summed E-state index contributed by atoms with van der Waals surface area (Å²) in [5.74, 6) is 0. The molecule has 23 heavy (non-hydrogen) atoms. The zero-order chi connectivity index (χ0) is 16.3. The third-order valence-corrected chi connectivity index (χ3v) is 5.40. The minimum atomic E-state index is -3.42. The van der Waals surface area contributed by atoms with Crippen molar-refractivity contribution in [1.82, 2.24) is 9.71 Å². The highest BCUT2D eigenvalue weighted by atomic mass is 32.2. The average molecular weight is 328 g/mol. The Morgan fingerprint density at radius 3 is 2.57 bits per heavy atom. The molecule has 0 aliphatic carbocycles. The van der Waals surface area contributed by atoms with Gasteiger partial charge in [-0.15, -0.1) is 0 Å². The Balaban J connectivity index is 1.58. The van der Waals surface area contributed by atoms with E-state index in [4.69, 9.17) is 0 Å². The van der Waals surface area contributed by atoms with E-state index < -0.39 is 10.0 Å². The second-order valence-corrected chi connectivity index (χ2v) is 7.44. The molecule has 1 heterocycles. The lowest BCUT2D eigenvalue weighted by Crippen LogP contribution is -2.25. The highest BCUT2D eigenvalue weighted by molar-refractivity contribution is 7.89. The van der Waals surface area contributed by atoms with Gasteiger partial charge in [0, 0.05) is 23.6 Å². The predicted octanol–water partition coefficient (Wildman–Crippen LogP) is 3.39. The van der Waals surface area contributed by atoms with Crippen molar-refractivity contribution in [3.8, 4) is 0 Å². The molecule has 0 radical (unpaired) electrons. The fraction of sp³-hybridized carbons (Fsp3) is 0.222. The zero-order valence-electron chi connectivity index (χ0n) is 13.0. The molecule has 0 amide bonds. The van der Waals surface area contributed by atoms with E-state index in [2.05, 4.69) is 15.8 Å². The predicted molar refractivity (Wildman–Crippen MR) is 93.0 cm³/mol. The maximum atomic E-state index is 12.2. The smallest absolute Gasteiger partial charge is 0.240 e. The van der Waals surface area contributed by atoms with Gasteiger partial charge in [0.15, 0.2) is 0 Å². The topological polar surface area (TPSA) is 62.0 Å². The second kappa shape index (κ2) is 6.56. The Bertz CT molecular complexity index is 896. The summed E-state index contributed by atoms with van der Waals surface area (Å²) in [6, 6.07) is 15.0. The van der Waals surface area contributed by atoms with Gasteiger partial charge in [-0.05, 0) is 43.5 Å². The maximum absolute atomic E-state index is 12.2. The molecule has 0 aliphatic rings. The highest BCUT2D eigenvalue weighted by Gasteiger charge is 2.12. The number of H-pyrrole nitrogens is 1. The van der Waals surface area contributed by atoms with Crippen molar-refractivity contribution in [2.24, 2.45) is 0 Å². The molecule has 5 heteroatoms. The van der Waals surface area contributed by atoms with E-state index in [0.717, 1.165) is 23.9 Å². The molecule has 0 fully saturated rings. The molecule has 4 nitrogen and oxygen atoms in total. The Morgan fingerprint density at radius 2 is 1.78 bits per heavy atom. The number of hydrogen-bond donors (Lipinski definition) is 2. The number of hydrogen-bond acceptors (Lipinski definition) is 2. The SMILES string of the molecule is Cc1ccc(S(=O)(=O)NCCCc2c[nH]c3ccccc23)cc1. The van der Waals surface area contributed by atoms with Crippen LogP contribution in [-0.4, -0.2) is 19.9 Å². The van der Waals surface area contributed by atoms with Crippen LogP contribution in [0.25, 0.3) is 10.9 Å². The van der Waals surface area contributed by atoms with Gasteiger partial charge in [-0.3, -0.25) is 0 Å². The van der Waals surface area contributed by atoms with Crippen molar-refractivity contribution in [2.75, 3.05) is 6.54 Å². The minimum absolute atomic E-state index is 0.315. The number of aromatic nitrogens is 1. The lowest BCUT2D eigenvalue weighted by molar-refractivity contribution is 0.579. The molecule has 2 aromatic carbocycles. The molecule has 2 N–H and O–H groups in total. The maximum Gasteiger partial charge on any atom is 0.240 e. The van der Waals surface area contributed by atoms with Gasteiger partial charge in [-0.25, -0.2) is 13.1 Å². The van der Waals surface area contributed by atoms with E-state index in [1.807, 2.05) is 31.3 Å². The van der Waals surface area contributed by atoms with Gasteiger partial charge >= 0.3 is 0 Å². The molecule has 0 spiro atoms. The van der Waals surface area contributed by atoms with E-state index in [-0.39, 0.29) is 0 Å². The Morgan fingerprint density at radius 1 is 1.04 bits per heavy atom. The van der Waals surface area contributed by atoms with Crippen LogP contribution in [0.2, 0.25) is 0 Å². The molecule has 3 rings (SSSR count). The summed E-state index contributed by atoms with van der Waals surface area (Å²) < 4.78 is 27.1. The number of benzene rings is 2. The van der Waals surface area contributed by atoms with Crippen LogP contribution >= 0.6 is 0 Å². The van der Waals surface area contributed by atoms with Gasteiger partial charge in [0.1, 0.15) is 0 Å². The average Bonchev–Trinajstić information content (AvgIpc) is 2.95. The van der Waals surface area contributed by atoms with Crippen LogP contribution in [0.5, 0.6) is 0 Å². The summed E-state index contributed by atoms with van der Waals surface area (Å²) in [4.78, 5) is 3.55. The number of aromatic amines is 1. The first-order valence-corrected chi connectivity index (χ1v) is 9.16. The van der Waals surface area contributed by atoms with Crippen molar-refractivity contribution in [3.63, 3.8) is 0 Å². The molecule has 120 valence electrons. The molecular weight excluding hydrogens is 308 g/mol. The quantitative estimate of drug-likeness (QED) is 0.681. The lowest BCUT2D eigenvalue weighted by atomic mass is 10.1. The third kappa shape index (κ3) is 3.63. The van der Waals surface area contributed by atoms with Crippen LogP contribution in [0.1, 0.15) is 17.5 Å². The molecule has 0 saturated carbocycles. The Hall–Kier alpha value is -2.11. The van der Waals surface area contributed by atoms with Crippen LogP contribution in [0.4, 0.5) is 0 Å². The lowest BCUT2D eigenvalue weighted by Gasteiger charge is -2.07. The number of rotatable bonds is 6. The molecule has 1 aromatic heterocycles. The molecule has 0 saturated heterocycles. The first kappa shape index (κ1) is 15.8. The molecular formula is C18H20N2O2S. The standard InChI is InChI=1S/C18H20N2O2S/c1-14-8-10-16(11-9-14)23(21,22)20-12-4-5-15-13-19-18-7-3-2-6-17(15)18/h2-3,6-11,13,19-20H,4-5,12H2,1H3. The first-order valence-electron chi connectivity index (χ1n) is 7.67. The van der Waals surface area contributed by atoms with Crippen LogP contribution in [-0.2, 0) is 16.4 Å². The van der Waals surface area contributed by atoms with Crippen molar-refractivity contribution in [3.05, 3.63) is 65.9 Å². The molecule has 0 bridgehead atoms. The van der Waals surface area contributed by atoms with Gasteiger partial charge in [0.2, 0.25) is 10.0 Å². The molecule has 0 aliphatic heterocycles. The van der Waals surface area contributed by atoms with Crippen molar-refractivity contribution < 1.29 is 8.42 Å². The number of fused-ring (bicyclic) bond motifs is 1. The van der Waals surface area contributed by atoms with Gasteiger partial charge in [0.25, 0.3) is 0 Å². The van der Waals surface area contributed by atoms with Gasteiger partial charge < -0.3 is 4.98 Å². The summed E-state index contributed by atoms with van der Waals surface area (Å²) in [5, 5.41) is 1.20. The Kier molecular flexibility index (Phi) is 4.50. The zero-order valence-corrected chi connectivity index (χ0v) is 13.9. The monoisotopic (exact) mass is 328 g/mol.